The second-order valence-electron chi connectivity index (χ2n) is 15.5. The molecule has 8 heteroatoms. The number of fused-ring (bicyclic) bond motifs is 3. The maximum absolute atomic E-state index is 10.2. The molecule has 0 aliphatic carbocycles. The first-order valence-electron chi connectivity index (χ1n) is 21.1. The van der Waals surface area contributed by atoms with E-state index >= 15 is 0 Å². The summed E-state index contributed by atoms with van der Waals surface area (Å²) >= 11 is 0. The Bertz CT molecular complexity index is 3550. The van der Waals surface area contributed by atoms with Gasteiger partial charge in [-0.05, 0) is 59.7 Å². The molecule has 0 fully saturated rings. The summed E-state index contributed by atoms with van der Waals surface area (Å²) in [5.41, 5.74) is 12.0. The number of nitrogens with zero attached hydrogens (tertiary/aromatic N) is 8. The molecule has 0 saturated carbocycles. The van der Waals surface area contributed by atoms with Gasteiger partial charge in [-0.15, -0.1) is 0 Å². The number of aromatic nitrogens is 6. The van der Waals surface area contributed by atoms with Crippen molar-refractivity contribution in [3.05, 3.63) is 217 Å². The summed E-state index contributed by atoms with van der Waals surface area (Å²) in [5.74, 6) is 2.23. The molecule has 11 aromatic rings. The topological polar surface area (TPSA) is 117 Å². The van der Waals surface area contributed by atoms with Gasteiger partial charge < -0.3 is 4.57 Å². The van der Waals surface area contributed by atoms with Crippen molar-refractivity contribution >= 4 is 21.8 Å². The van der Waals surface area contributed by atoms with Crippen molar-refractivity contribution in [2.24, 2.45) is 0 Å². The number of rotatable bonds is 8. The van der Waals surface area contributed by atoms with E-state index in [-0.39, 0.29) is 0 Å². The van der Waals surface area contributed by atoms with E-state index in [0.29, 0.717) is 40.1 Å². The van der Waals surface area contributed by atoms with E-state index in [1.165, 1.54) is 0 Å². The Hall–Kier alpha value is -9.37. The van der Waals surface area contributed by atoms with E-state index in [1.807, 2.05) is 127 Å². The summed E-state index contributed by atoms with van der Waals surface area (Å²) in [4.78, 5) is 25.7. The molecule has 0 bridgehead atoms. The van der Waals surface area contributed by atoms with Crippen LogP contribution in [0.1, 0.15) is 11.1 Å². The summed E-state index contributed by atoms with van der Waals surface area (Å²) < 4.78 is 2.27. The molecular weight excluding hydrogens is 797 g/mol. The monoisotopic (exact) mass is 830 g/mol. The summed E-state index contributed by atoms with van der Waals surface area (Å²) in [6.07, 6.45) is 0. The molecule has 65 heavy (non-hydrogen) atoms. The molecule has 302 valence electrons. The highest BCUT2D eigenvalue weighted by Gasteiger charge is 2.22. The van der Waals surface area contributed by atoms with Gasteiger partial charge in [-0.3, -0.25) is 0 Å². The van der Waals surface area contributed by atoms with Crippen molar-refractivity contribution in [3.8, 4) is 97.0 Å². The van der Waals surface area contributed by atoms with E-state index in [9.17, 15) is 10.5 Å². The molecule has 3 heterocycles. The van der Waals surface area contributed by atoms with Gasteiger partial charge in [-0.25, -0.2) is 24.9 Å². The number of benzene rings is 8. The Kier molecular flexibility index (Phi) is 9.78. The molecule has 0 amide bonds. The van der Waals surface area contributed by atoms with E-state index in [4.69, 9.17) is 24.9 Å². The van der Waals surface area contributed by atoms with Gasteiger partial charge in [0.05, 0.1) is 51.4 Å². The fraction of sp³-hybridized carbons (Fsp3) is 0. The van der Waals surface area contributed by atoms with E-state index < -0.39 is 0 Å². The lowest BCUT2D eigenvalue weighted by Crippen LogP contribution is -2.03. The Labute approximate surface area is 374 Å². The highest BCUT2D eigenvalue weighted by Crippen LogP contribution is 2.41. The largest absolute Gasteiger partial charge is 0.309 e. The minimum absolute atomic E-state index is 0.432. The first-order chi connectivity index (χ1) is 32.1. The number of nitriles is 2. The minimum Gasteiger partial charge on any atom is -0.309 e. The molecule has 0 spiro atoms. The van der Waals surface area contributed by atoms with Crippen LogP contribution in [0.3, 0.4) is 0 Å². The second kappa shape index (κ2) is 16.5. The van der Waals surface area contributed by atoms with Crippen molar-refractivity contribution in [2.75, 3.05) is 0 Å². The Morgan fingerprint density at radius 2 is 0.862 bits per heavy atom. The van der Waals surface area contributed by atoms with E-state index in [0.717, 1.165) is 77.7 Å². The summed E-state index contributed by atoms with van der Waals surface area (Å²) in [5, 5.41) is 22.0. The average Bonchev–Trinajstić information content (AvgIpc) is 3.72. The van der Waals surface area contributed by atoms with Crippen LogP contribution < -0.4 is 0 Å². The van der Waals surface area contributed by atoms with Gasteiger partial charge in [0.15, 0.2) is 23.3 Å². The van der Waals surface area contributed by atoms with Crippen molar-refractivity contribution in [1.82, 2.24) is 29.5 Å². The molecule has 0 N–H and O–H groups in total. The molecule has 11 rings (SSSR count). The third-order valence-electron chi connectivity index (χ3n) is 11.6. The predicted octanol–water partition coefficient (Wildman–Crippen LogP) is 13.2. The van der Waals surface area contributed by atoms with Crippen LogP contribution >= 0.6 is 0 Å². The minimum atomic E-state index is 0.432. The number of hydrogen-bond acceptors (Lipinski definition) is 7. The van der Waals surface area contributed by atoms with E-state index in [1.54, 1.807) is 12.1 Å². The average molecular weight is 831 g/mol. The van der Waals surface area contributed by atoms with Crippen LogP contribution in [0.4, 0.5) is 0 Å². The molecule has 3 aromatic heterocycles. The fourth-order valence-corrected chi connectivity index (χ4v) is 8.43. The van der Waals surface area contributed by atoms with Crippen LogP contribution in [0, 0.1) is 22.7 Å². The Balaban J connectivity index is 1.21. The molecular formula is C57H34N8. The van der Waals surface area contributed by atoms with E-state index in [2.05, 4.69) is 83.4 Å². The van der Waals surface area contributed by atoms with Gasteiger partial charge in [0, 0.05) is 44.2 Å². The molecule has 0 aliphatic heterocycles. The second-order valence-corrected chi connectivity index (χ2v) is 15.5. The third-order valence-corrected chi connectivity index (χ3v) is 11.6. The standard InChI is InChI=1S/C57H34N8/c58-35-37-25-28-45(44(31-37)36-59)42-26-29-47-46-23-13-14-24-51(46)65(53(47)33-42)52-30-27-43(57-63-55(40-19-9-3-10-20-40)62-56(64-57)41-21-11-4-12-22-41)32-48(52)50-34-49(38-15-5-1-6-16-38)60-54(61-50)39-17-7-2-8-18-39/h1-34H. The summed E-state index contributed by atoms with van der Waals surface area (Å²) in [6, 6.07) is 72.9. The van der Waals surface area contributed by atoms with Gasteiger partial charge in [-0.1, -0.05) is 158 Å². The first kappa shape index (κ1) is 38.5. The third kappa shape index (κ3) is 7.23. The zero-order valence-corrected chi connectivity index (χ0v) is 34.7. The lowest BCUT2D eigenvalue weighted by atomic mass is 9.97. The van der Waals surface area contributed by atoms with Crippen molar-refractivity contribution < 1.29 is 0 Å². The van der Waals surface area contributed by atoms with Crippen LogP contribution in [0.2, 0.25) is 0 Å². The van der Waals surface area contributed by atoms with Crippen LogP contribution in [0.5, 0.6) is 0 Å². The zero-order chi connectivity index (χ0) is 43.7. The van der Waals surface area contributed by atoms with Gasteiger partial charge in [0.1, 0.15) is 0 Å². The molecule has 8 nitrogen and oxygen atoms in total. The van der Waals surface area contributed by atoms with Crippen molar-refractivity contribution in [3.63, 3.8) is 0 Å². The molecule has 0 atom stereocenters. The fourth-order valence-electron chi connectivity index (χ4n) is 8.43. The van der Waals surface area contributed by atoms with Crippen molar-refractivity contribution in [2.45, 2.75) is 0 Å². The predicted molar refractivity (Wildman–Crippen MR) is 257 cm³/mol. The number of hydrogen-bond donors (Lipinski definition) is 0. The molecule has 0 unspecified atom stereocenters. The summed E-state index contributed by atoms with van der Waals surface area (Å²) in [7, 11) is 0. The quantitative estimate of drug-likeness (QED) is 0.150. The SMILES string of the molecule is N#Cc1ccc(-c2ccc3c4ccccc4n(-c4ccc(-c5nc(-c6ccccc6)nc(-c6ccccc6)n5)cc4-c4cc(-c5ccccc5)nc(-c5ccccc5)n4)c3c2)c(C#N)c1. The first-order valence-corrected chi connectivity index (χ1v) is 21.1. The smallest absolute Gasteiger partial charge is 0.164 e. The zero-order valence-electron chi connectivity index (χ0n) is 34.7. The molecule has 8 aromatic carbocycles. The van der Waals surface area contributed by atoms with Crippen LogP contribution in [0.25, 0.3) is 107 Å². The van der Waals surface area contributed by atoms with Gasteiger partial charge in [-0.2, -0.15) is 10.5 Å². The van der Waals surface area contributed by atoms with Gasteiger partial charge in [0.2, 0.25) is 0 Å². The van der Waals surface area contributed by atoms with Gasteiger partial charge in [0.25, 0.3) is 0 Å². The lowest BCUT2D eigenvalue weighted by molar-refractivity contribution is 1.07. The highest BCUT2D eigenvalue weighted by atomic mass is 15.0. The molecule has 0 aliphatic rings. The lowest BCUT2D eigenvalue weighted by Gasteiger charge is -2.17. The normalized spacial score (nSPS) is 11.0. The number of para-hydroxylation sites is 1. The highest BCUT2D eigenvalue weighted by molar-refractivity contribution is 6.11. The van der Waals surface area contributed by atoms with Crippen LogP contribution in [0.15, 0.2) is 206 Å². The maximum atomic E-state index is 10.2. The maximum Gasteiger partial charge on any atom is 0.164 e. The van der Waals surface area contributed by atoms with Crippen LogP contribution in [-0.2, 0) is 0 Å². The van der Waals surface area contributed by atoms with Gasteiger partial charge >= 0.3 is 0 Å². The summed E-state index contributed by atoms with van der Waals surface area (Å²) in [6.45, 7) is 0. The molecule has 0 saturated heterocycles. The Morgan fingerprint density at radius 1 is 0.338 bits per heavy atom. The molecule has 0 radical (unpaired) electrons. The van der Waals surface area contributed by atoms with Crippen LogP contribution in [-0.4, -0.2) is 29.5 Å². The Morgan fingerprint density at radius 3 is 1.48 bits per heavy atom. The van der Waals surface area contributed by atoms with Crippen molar-refractivity contribution in [1.29, 1.82) is 10.5 Å².